The molecule has 2 aliphatic rings. The van der Waals surface area contributed by atoms with Crippen LogP contribution >= 0.6 is 0 Å². The predicted molar refractivity (Wildman–Crippen MR) is 69.7 cm³/mol. The normalized spacial score (nSPS) is 18.9. The van der Waals surface area contributed by atoms with Crippen LogP contribution in [0.4, 0.5) is 0 Å². The van der Waals surface area contributed by atoms with E-state index in [0.29, 0.717) is 18.4 Å². The lowest BCUT2D eigenvalue weighted by Crippen LogP contribution is -2.18. The average Bonchev–Trinajstić information content (AvgIpc) is 3.34. The monoisotopic (exact) mass is 258 g/mol. The zero-order valence-corrected chi connectivity index (χ0v) is 10.9. The van der Waals surface area contributed by atoms with Gasteiger partial charge in [0.1, 0.15) is 6.54 Å². The Morgan fingerprint density at radius 1 is 1.32 bits per heavy atom. The van der Waals surface area contributed by atoms with Crippen LogP contribution in [0.3, 0.4) is 0 Å². The number of aromatic nitrogens is 3. The molecule has 0 unspecified atom stereocenters. The molecule has 2 aromatic rings. The van der Waals surface area contributed by atoms with Gasteiger partial charge in [0, 0.05) is 30.4 Å². The number of hydrogen-bond donors (Lipinski definition) is 1. The molecule has 4 rings (SSSR count). The van der Waals surface area contributed by atoms with Crippen LogP contribution in [0.5, 0.6) is 0 Å². The first-order valence-corrected chi connectivity index (χ1v) is 7.08. The number of hydrogen-bond acceptors (Lipinski definition) is 4. The molecule has 0 spiro atoms. The van der Waals surface area contributed by atoms with Crippen molar-refractivity contribution in [2.24, 2.45) is 0 Å². The molecule has 0 bridgehead atoms. The Morgan fingerprint density at radius 2 is 2.21 bits per heavy atom. The molecule has 2 saturated carbocycles. The van der Waals surface area contributed by atoms with Gasteiger partial charge in [-0.2, -0.15) is 4.98 Å². The molecule has 0 radical (unpaired) electrons. The van der Waals surface area contributed by atoms with E-state index in [4.69, 9.17) is 4.52 Å². The van der Waals surface area contributed by atoms with Gasteiger partial charge in [-0.05, 0) is 37.8 Å². The van der Waals surface area contributed by atoms with Crippen molar-refractivity contribution in [2.75, 3.05) is 0 Å². The van der Waals surface area contributed by atoms with Gasteiger partial charge in [0.25, 0.3) is 0 Å². The first-order valence-electron chi connectivity index (χ1n) is 7.08. The van der Waals surface area contributed by atoms with Crippen molar-refractivity contribution >= 4 is 0 Å². The van der Waals surface area contributed by atoms with E-state index in [0.717, 1.165) is 18.4 Å². The highest BCUT2D eigenvalue weighted by molar-refractivity contribution is 5.10. The smallest absolute Gasteiger partial charge is 0.246 e. The van der Waals surface area contributed by atoms with Crippen LogP contribution in [0.1, 0.15) is 49.0 Å². The molecular weight excluding hydrogens is 240 g/mol. The van der Waals surface area contributed by atoms with E-state index in [9.17, 15) is 0 Å². The summed E-state index contributed by atoms with van der Waals surface area (Å²) in [4.78, 5) is 4.48. The summed E-state index contributed by atoms with van der Waals surface area (Å²) in [7, 11) is 0. The highest BCUT2D eigenvalue weighted by atomic mass is 16.5. The molecule has 1 N–H and O–H groups in total. The summed E-state index contributed by atoms with van der Waals surface area (Å²) in [5, 5.41) is 7.59. The Labute approximate surface area is 112 Å². The second-order valence-corrected chi connectivity index (χ2v) is 5.60. The first-order chi connectivity index (χ1) is 9.38. The van der Waals surface area contributed by atoms with Crippen LogP contribution in [-0.4, -0.2) is 20.7 Å². The van der Waals surface area contributed by atoms with Crippen molar-refractivity contribution < 1.29 is 4.52 Å². The fourth-order valence-electron chi connectivity index (χ4n) is 2.29. The van der Waals surface area contributed by atoms with E-state index < -0.39 is 0 Å². The fraction of sp³-hybridized carbons (Fsp3) is 0.571. The first kappa shape index (κ1) is 11.2. The summed E-state index contributed by atoms with van der Waals surface area (Å²) in [5.74, 6) is 2.16. The van der Waals surface area contributed by atoms with Gasteiger partial charge in [-0.1, -0.05) is 5.16 Å². The Kier molecular flexibility index (Phi) is 2.65. The van der Waals surface area contributed by atoms with Crippen molar-refractivity contribution in [3.05, 3.63) is 35.7 Å². The molecule has 0 atom stereocenters. The van der Waals surface area contributed by atoms with Crippen molar-refractivity contribution in [1.82, 2.24) is 20.0 Å². The highest BCUT2D eigenvalue weighted by Gasteiger charge is 2.28. The molecule has 5 heteroatoms. The van der Waals surface area contributed by atoms with E-state index in [1.807, 2.05) is 0 Å². The molecule has 0 aliphatic heterocycles. The van der Waals surface area contributed by atoms with E-state index >= 15 is 0 Å². The summed E-state index contributed by atoms with van der Waals surface area (Å²) in [6.07, 6.45) is 7.12. The summed E-state index contributed by atoms with van der Waals surface area (Å²) in [6, 6.07) is 4.95. The SMILES string of the molecule is c1cc(CNC2CC2)n(Cc2nc(C3CC3)no2)c1. The van der Waals surface area contributed by atoms with Gasteiger partial charge in [-0.3, -0.25) is 0 Å². The van der Waals surface area contributed by atoms with Crippen LogP contribution in [-0.2, 0) is 13.1 Å². The number of nitrogens with zero attached hydrogens (tertiary/aromatic N) is 3. The lowest BCUT2D eigenvalue weighted by molar-refractivity contribution is 0.364. The van der Waals surface area contributed by atoms with Crippen molar-refractivity contribution in [3.8, 4) is 0 Å². The molecule has 0 amide bonds. The lowest BCUT2D eigenvalue weighted by atomic mass is 10.4. The van der Waals surface area contributed by atoms with Gasteiger partial charge in [-0.15, -0.1) is 0 Å². The topological polar surface area (TPSA) is 55.9 Å². The van der Waals surface area contributed by atoms with Crippen LogP contribution in [0.25, 0.3) is 0 Å². The summed E-state index contributed by atoms with van der Waals surface area (Å²) in [6.45, 7) is 1.59. The minimum atomic E-state index is 0.554. The van der Waals surface area contributed by atoms with Crippen molar-refractivity contribution in [1.29, 1.82) is 0 Å². The standard InChI is InChI=1S/C14H18N4O/c1-2-12(8-15-11-5-6-11)18(7-1)9-13-16-14(17-19-13)10-3-4-10/h1-2,7,10-11,15H,3-6,8-9H2. The average molecular weight is 258 g/mol. The number of nitrogens with one attached hydrogen (secondary N) is 1. The molecule has 2 aliphatic carbocycles. The molecule has 2 aromatic heterocycles. The quantitative estimate of drug-likeness (QED) is 0.861. The van der Waals surface area contributed by atoms with Gasteiger partial charge < -0.3 is 14.4 Å². The lowest BCUT2D eigenvalue weighted by Gasteiger charge is -2.07. The third-order valence-electron chi connectivity index (χ3n) is 3.80. The fourth-order valence-corrected chi connectivity index (χ4v) is 2.29. The maximum Gasteiger partial charge on any atom is 0.246 e. The van der Waals surface area contributed by atoms with Gasteiger partial charge in [-0.25, -0.2) is 0 Å². The van der Waals surface area contributed by atoms with Crippen LogP contribution in [0.15, 0.2) is 22.9 Å². The van der Waals surface area contributed by atoms with Crippen LogP contribution in [0, 0.1) is 0 Å². The van der Waals surface area contributed by atoms with E-state index in [1.165, 1.54) is 31.4 Å². The van der Waals surface area contributed by atoms with Crippen LogP contribution < -0.4 is 5.32 Å². The Hall–Kier alpha value is -1.62. The van der Waals surface area contributed by atoms with Gasteiger partial charge in [0.05, 0.1) is 0 Å². The van der Waals surface area contributed by atoms with Crippen molar-refractivity contribution in [2.45, 2.75) is 50.7 Å². The Balaban J connectivity index is 1.43. The van der Waals surface area contributed by atoms with E-state index in [2.05, 4.69) is 38.4 Å². The highest BCUT2D eigenvalue weighted by Crippen LogP contribution is 2.38. The summed E-state index contributed by atoms with van der Waals surface area (Å²) >= 11 is 0. The van der Waals surface area contributed by atoms with E-state index in [-0.39, 0.29) is 0 Å². The molecule has 100 valence electrons. The third kappa shape index (κ3) is 2.56. The minimum absolute atomic E-state index is 0.554. The largest absolute Gasteiger partial charge is 0.341 e. The van der Waals surface area contributed by atoms with Gasteiger partial charge in [0.2, 0.25) is 5.89 Å². The van der Waals surface area contributed by atoms with Gasteiger partial charge >= 0.3 is 0 Å². The Bertz CT molecular complexity index is 566. The molecule has 19 heavy (non-hydrogen) atoms. The van der Waals surface area contributed by atoms with Crippen molar-refractivity contribution in [3.63, 3.8) is 0 Å². The second kappa shape index (κ2) is 4.49. The minimum Gasteiger partial charge on any atom is -0.341 e. The molecular formula is C14H18N4O. The zero-order chi connectivity index (χ0) is 12.7. The predicted octanol–water partition coefficient (Wildman–Crippen LogP) is 2.05. The molecule has 2 heterocycles. The molecule has 0 aromatic carbocycles. The van der Waals surface area contributed by atoms with E-state index in [1.54, 1.807) is 0 Å². The van der Waals surface area contributed by atoms with Gasteiger partial charge in [0.15, 0.2) is 5.82 Å². The zero-order valence-electron chi connectivity index (χ0n) is 10.9. The van der Waals surface area contributed by atoms with Crippen LogP contribution in [0.2, 0.25) is 0 Å². The summed E-state index contributed by atoms with van der Waals surface area (Å²) in [5.41, 5.74) is 1.28. The molecule has 5 nitrogen and oxygen atoms in total. The molecule has 0 saturated heterocycles. The maximum atomic E-state index is 5.33. The summed E-state index contributed by atoms with van der Waals surface area (Å²) < 4.78 is 7.51. The maximum absolute atomic E-state index is 5.33. The third-order valence-corrected chi connectivity index (χ3v) is 3.80. The Morgan fingerprint density at radius 3 is 3.00 bits per heavy atom. The number of rotatable bonds is 6. The molecule has 2 fully saturated rings. The second-order valence-electron chi connectivity index (χ2n) is 5.60.